The van der Waals surface area contributed by atoms with Crippen molar-refractivity contribution in [3.63, 3.8) is 0 Å². The van der Waals surface area contributed by atoms with Gasteiger partial charge in [0.15, 0.2) is 0 Å². The normalized spacial score (nSPS) is 22.4. The Morgan fingerprint density at radius 2 is 1.78 bits per heavy atom. The van der Waals surface area contributed by atoms with Gasteiger partial charge >= 0.3 is 5.97 Å². The molecule has 0 radical (unpaired) electrons. The van der Waals surface area contributed by atoms with Crippen LogP contribution in [0, 0.1) is 11.8 Å². The second-order valence-corrected chi connectivity index (χ2v) is 4.06. The lowest BCUT2D eigenvalue weighted by Crippen LogP contribution is -2.35. The molecule has 2 atom stereocenters. The van der Waals surface area contributed by atoms with Gasteiger partial charge in [-0.3, -0.25) is 14.9 Å². The monoisotopic (exact) mass is 247 g/mol. The largest absolute Gasteiger partial charge is 0.481 e. The van der Waals surface area contributed by atoms with Crippen molar-refractivity contribution in [2.75, 3.05) is 5.32 Å². The van der Waals surface area contributed by atoms with Gasteiger partial charge in [-0.1, -0.05) is 12.2 Å². The summed E-state index contributed by atoms with van der Waals surface area (Å²) in [5.41, 5.74) is 0. The number of aliphatic carboxylic acids is 1. The zero-order valence-corrected chi connectivity index (χ0v) is 9.61. The number of nitrogens with one attached hydrogen (secondary N) is 1. The number of carboxylic acid groups (broad SMARTS) is 1. The first-order valence-corrected chi connectivity index (χ1v) is 5.64. The first-order valence-electron chi connectivity index (χ1n) is 5.64. The molecule has 0 unspecified atom stereocenters. The number of anilines is 1. The van der Waals surface area contributed by atoms with Gasteiger partial charge < -0.3 is 5.11 Å². The van der Waals surface area contributed by atoms with Gasteiger partial charge in [0.1, 0.15) is 0 Å². The fourth-order valence-corrected chi connectivity index (χ4v) is 1.94. The van der Waals surface area contributed by atoms with Crippen LogP contribution in [-0.4, -0.2) is 27.0 Å². The van der Waals surface area contributed by atoms with Crippen molar-refractivity contribution in [2.45, 2.75) is 12.8 Å². The third-order valence-electron chi connectivity index (χ3n) is 2.89. The number of rotatable bonds is 3. The molecule has 0 bridgehead atoms. The van der Waals surface area contributed by atoms with Crippen LogP contribution < -0.4 is 5.32 Å². The molecule has 2 N–H and O–H groups in total. The molecule has 1 aliphatic carbocycles. The summed E-state index contributed by atoms with van der Waals surface area (Å²) in [6.45, 7) is 0. The molecule has 1 aromatic rings. The summed E-state index contributed by atoms with van der Waals surface area (Å²) in [6.07, 6.45) is 7.45. The lowest BCUT2D eigenvalue weighted by molar-refractivity contribution is -0.146. The molecule has 1 amide bonds. The second-order valence-electron chi connectivity index (χ2n) is 4.06. The van der Waals surface area contributed by atoms with Crippen LogP contribution in [0.5, 0.6) is 0 Å². The molecule has 0 aromatic carbocycles. The molecule has 6 nitrogen and oxygen atoms in total. The Morgan fingerprint density at radius 3 is 2.39 bits per heavy atom. The lowest BCUT2D eigenvalue weighted by Gasteiger charge is -2.23. The fraction of sp³-hybridized carbons (Fsp3) is 0.333. The van der Waals surface area contributed by atoms with Gasteiger partial charge in [-0.05, 0) is 18.9 Å². The number of aromatic nitrogens is 2. The van der Waals surface area contributed by atoms with Crippen LogP contribution in [0.15, 0.2) is 30.6 Å². The van der Waals surface area contributed by atoms with Gasteiger partial charge in [0.2, 0.25) is 11.9 Å². The molecule has 1 aromatic heterocycles. The molecule has 1 aliphatic rings. The number of carbonyl (C=O) groups is 2. The Labute approximate surface area is 104 Å². The Hall–Kier alpha value is -2.24. The van der Waals surface area contributed by atoms with Crippen LogP contribution in [0.25, 0.3) is 0 Å². The SMILES string of the molecule is O=C(O)[C@H]1CC=CC[C@@H]1C(=O)Nc1ncccn1. The predicted molar refractivity (Wildman–Crippen MR) is 63.7 cm³/mol. The summed E-state index contributed by atoms with van der Waals surface area (Å²) in [6, 6.07) is 1.64. The number of nitrogens with zero attached hydrogens (tertiary/aromatic N) is 2. The molecule has 0 spiro atoms. The number of carbonyl (C=O) groups excluding carboxylic acids is 1. The minimum Gasteiger partial charge on any atom is -0.481 e. The van der Waals surface area contributed by atoms with E-state index in [9.17, 15) is 9.59 Å². The van der Waals surface area contributed by atoms with E-state index in [0.717, 1.165) is 0 Å². The predicted octanol–water partition coefficient (Wildman–Crippen LogP) is 1.08. The standard InChI is InChI=1S/C12H13N3O3/c16-10(15-12-13-6-3-7-14-12)8-4-1-2-5-9(8)11(17)18/h1-3,6-9H,4-5H2,(H,17,18)(H,13,14,15,16)/t8-,9-/m0/s1. The van der Waals surface area contributed by atoms with Crippen LogP contribution in [0.1, 0.15) is 12.8 Å². The Bertz CT molecular complexity index is 473. The van der Waals surface area contributed by atoms with Gasteiger partial charge in [0, 0.05) is 12.4 Å². The van der Waals surface area contributed by atoms with E-state index in [4.69, 9.17) is 5.11 Å². The van der Waals surface area contributed by atoms with E-state index in [0.29, 0.717) is 12.8 Å². The van der Waals surface area contributed by atoms with Crippen molar-refractivity contribution in [2.24, 2.45) is 11.8 Å². The molecule has 0 fully saturated rings. The van der Waals surface area contributed by atoms with Crippen molar-refractivity contribution < 1.29 is 14.7 Å². The summed E-state index contributed by atoms with van der Waals surface area (Å²) in [5.74, 6) is -2.36. The van der Waals surface area contributed by atoms with Crippen molar-refractivity contribution in [1.82, 2.24) is 9.97 Å². The van der Waals surface area contributed by atoms with E-state index in [1.165, 1.54) is 12.4 Å². The van der Waals surface area contributed by atoms with E-state index in [1.54, 1.807) is 12.1 Å². The smallest absolute Gasteiger partial charge is 0.307 e. The van der Waals surface area contributed by atoms with Crippen LogP contribution in [0.4, 0.5) is 5.95 Å². The molecule has 0 saturated heterocycles. The third kappa shape index (κ3) is 2.71. The van der Waals surface area contributed by atoms with Crippen LogP contribution in [0.3, 0.4) is 0 Å². The maximum absolute atomic E-state index is 12.0. The first-order chi connectivity index (χ1) is 8.68. The summed E-state index contributed by atoms with van der Waals surface area (Å²) in [7, 11) is 0. The highest BCUT2D eigenvalue weighted by atomic mass is 16.4. The zero-order chi connectivity index (χ0) is 13.0. The molecule has 2 rings (SSSR count). The Kier molecular flexibility index (Phi) is 3.66. The second kappa shape index (κ2) is 5.39. The Balaban J connectivity index is 2.08. The third-order valence-corrected chi connectivity index (χ3v) is 2.89. The maximum Gasteiger partial charge on any atom is 0.307 e. The Morgan fingerprint density at radius 1 is 1.17 bits per heavy atom. The summed E-state index contributed by atoms with van der Waals surface area (Å²) >= 11 is 0. The molecular weight excluding hydrogens is 234 g/mol. The van der Waals surface area contributed by atoms with E-state index in [2.05, 4.69) is 15.3 Å². The molecule has 1 heterocycles. The van der Waals surface area contributed by atoms with E-state index >= 15 is 0 Å². The average molecular weight is 247 g/mol. The van der Waals surface area contributed by atoms with Crippen molar-refractivity contribution in [3.05, 3.63) is 30.6 Å². The number of carboxylic acids is 1. The highest BCUT2D eigenvalue weighted by Crippen LogP contribution is 2.26. The highest BCUT2D eigenvalue weighted by Gasteiger charge is 2.34. The van der Waals surface area contributed by atoms with Crippen molar-refractivity contribution in [1.29, 1.82) is 0 Å². The van der Waals surface area contributed by atoms with E-state index in [1.807, 2.05) is 6.08 Å². The molecule has 0 aliphatic heterocycles. The summed E-state index contributed by atoms with van der Waals surface area (Å²) in [5, 5.41) is 11.6. The average Bonchev–Trinajstić information content (AvgIpc) is 2.40. The maximum atomic E-state index is 12.0. The summed E-state index contributed by atoms with van der Waals surface area (Å²) in [4.78, 5) is 30.8. The van der Waals surface area contributed by atoms with Gasteiger partial charge in [-0.15, -0.1) is 0 Å². The van der Waals surface area contributed by atoms with E-state index < -0.39 is 17.8 Å². The lowest BCUT2D eigenvalue weighted by atomic mass is 9.82. The molecule has 6 heteroatoms. The number of hydrogen-bond donors (Lipinski definition) is 2. The highest BCUT2D eigenvalue weighted by molar-refractivity contribution is 5.94. The molecular formula is C12H13N3O3. The van der Waals surface area contributed by atoms with E-state index in [-0.39, 0.29) is 11.9 Å². The quantitative estimate of drug-likeness (QED) is 0.780. The van der Waals surface area contributed by atoms with Gasteiger partial charge in [-0.25, -0.2) is 9.97 Å². The van der Waals surface area contributed by atoms with Crippen LogP contribution >= 0.6 is 0 Å². The fourth-order valence-electron chi connectivity index (χ4n) is 1.94. The topological polar surface area (TPSA) is 92.2 Å². The van der Waals surface area contributed by atoms with Gasteiger partial charge in [-0.2, -0.15) is 0 Å². The molecule has 94 valence electrons. The minimum absolute atomic E-state index is 0.196. The van der Waals surface area contributed by atoms with Gasteiger partial charge in [0.25, 0.3) is 0 Å². The van der Waals surface area contributed by atoms with Crippen LogP contribution in [0.2, 0.25) is 0 Å². The minimum atomic E-state index is -0.950. The zero-order valence-electron chi connectivity index (χ0n) is 9.61. The number of hydrogen-bond acceptors (Lipinski definition) is 4. The number of allylic oxidation sites excluding steroid dienone is 2. The number of amides is 1. The van der Waals surface area contributed by atoms with Crippen LogP contribution in [-0.2, 0) is 9.59 Å². The van der Waals surface area contributed by atoms with Gasteiger partial charge in [0.05, 0.1) is 11.8 Å². The molecule has 18 heavy (non-hydrogen) atoms. The molecule has 0 saturated carbocycles. The first kappa shape index (κ1) is 12.2. The summed E-state index contributed by atoms with van der Waals surface area (Å²) < 4.78 is 0. The van der Waals surface area contributed by atoms with Crippen molar-refractivity contribution >= 4 is 17.8 Å². The van der Waals surface area contributed by atoms with Crippen molar-refractivity contribution in [3.8, 4) is 0 Å².